The van der Waals surface area contributed by atoms with Gasteiger partial charge in [0.25, 0.3) is 5.91 Å². The number of nitrogens with two attached hydrogens (primary N) is 1. The normalized spacial score (nSPS) is 10.9. The second-order valence-corrected chi connectivity index (χ2v) is 6.02. The van der Waals surface area contributed by atoms with Gasteiger partial charge < -0.3 is 16.4 Å². The van der Waals surface area contributed by atoms with Crippen LogP contribution in [0.3, 0.4) is 0 Å². The number of carbonyl (C=O) groups is 1. The first-order valence-corrected chi connectivity index (χ1v) is 7.57. The zero-order valence-electron chi connectivity index (χ0n) is 12.4. The maximum atomic E-state index is 12.1. The lowest BCUT2D eigenvalue weighted by Gasteiger charge is -2.04. The second-order valence-electron chi connectivity index (χ2n) is 5.02. The summed E-state index contributed by atoms with van der Waals surface area (Å²) < 4.78 is 1.74. The largest absolute Gasteiger partial charge is 0.382 e. The number of anilines is 2. The standard InChI is InChI=1S/C13H20N6OS/c1-8(2)16-13-17-11(14)10(21-13)12(20)15-6-4-9-5-7-19(3)18-9/h5,7-8H,4,6,14H2,1-3H3,(H,15,20)(H,16,17). The fourth-order valence-electron chi connectivity index (χ4n) is 1.78. The summed E-state index contributed by atoms with van der Waals surface area (Å²) in [5.74, 6) is 0.0659. The monoisotopic (exact) mass is 308 g/mol. The highest BCUT2D eigenvalue weighted by atomic mass is 32.1. The molecule has 4 N–H and O–H groups in total. The summed E-state index contributed by atoms with van der Waals surface area (Å²) in [4.78, 5) is 16.7. The Morgan fingerprint density at radius 1 is 1.52 bits per heavy atom. The van der Waals surface area contributed by atoms with Crippen molar-refractivity contribution in [2.75, 3.05) is 17.6 Å². The van der Waals surface area contributed by atoms with Crippen LogP contribution < -0.4 is 16.4 Å². The van der Waals surface area contributed by atoms with Crippen LogP contribution in [0.25, 0.3) is 0 Å². The predicted octanol–water partition coefficient (Wildman–Crippen LogP) is 1.25. The third-order valence-corrected chi connectivity index (χ3v) is 3.71. The third-order valence-electron chi connectivity index (χ3n) is 2.71. The molecule has 2 aromatic heterocycles. The van der Waals surface area contributed by atoms with Gasteiger partial charge in [0, 0.05) is 32.3 Å². The number of rotatable bonds is 6. The van der Waals surface area contributed by atoms with Gasteiger partial charge in [0.2, 0.25) is 0 Å². The molecule has 0 fully saturated rings. The second kappa shape index (κ2) is 6.57. The van der Waals surface area contributed by atoms with Gasteiger partial charge in [0.15, 0.2) is 5.13 Å². The molecule has 0 saturated carbocycles. The molecular formula is C13H20N6OS. The summed E-state index contributed by atoms with van der Waals surface area (Å²) in [5, 5.41) is 10.9. The van der Waals surface area contributed by atoms with Gasteiger partial charge in [-0.1, -0.05) is 11.3 Å². The zero-order chi connectivity index (χ0) is 15.4. The summed E-state index contributed by atoms with van der Waals surface area (Å²) in [7, 11) is 1.86. The number of thiazole rings is 1. The van der Waals surface area contributed by atoms with E-state index in [0.717, 1.165) is 5.69 Å². The molecule has 0 aromatic carbocycles. The van der Waals surface area contributed by atoms with Gasteiger partial charge in [-0.3, -0.25) is 9.48 Å². The van der Waals surface area contributed by atoms with E-state index in [1.807, 2.05) is 33.2 Å². The van der Waals surface area contributed by atoms with Gasteiger partial charge in [-0.2, -0.15) is 5.10 Å². The van der Waals surface area contributed by atoms with E-state index in [2.05, 4.69) is 20.7 Å². The number of hydrogen-bond acceptors (Lipinski definition) is 6. The van der Waals surface area contributed by atoms with Crippen molar-refractivity contribution in [3.05, 3.63) is 22.8 Å². The average molecular weight is 308 g/mol. The van der Waals surface area contributed by atoms with E-state index in [4.69, 9.17) is 5.73 Å². The number of amides is 1. The van der Waals surface area contributed by atoms with Crippen LogP contribution in [-0.2, 0) is 13.5 Å². The van der Waals surface area contributed by atoms with Crippen LogP contribution in [0.5, 0.6) is 0 Å². The van der Waals surface area contributed by atoms with Crippen molar-refractivity contribution >= 4 is 28.2 Å². The van der Waals surface area contributed by atoms with Crippen molar-refractivity contribution in [2.45, 2.75) is 26.3 Å². The predicted molar refractivity (Wildman–Crippen MR) is 84.5 cm³/mol. The maximum Gasteiger partial charge on any atom is 0.265 e. The first kappa shape index (κ1) is 15.3. The molecule has 0 atom stereocenters. The van der Waals surface area contributed by atoms with Gasteiger partial charge in [-0.05, 0) is 19.9 Å². The first-order chi connectivity index (χ1) is 9.95. The lowest BCUT2D eigenvalue weighted by molar-refractivity contribution is 0.0959. The summed E-state index contributed by atoms with van der Waals surface area (Å²) in [6, 6.07) is 2.17. The number of nitrogens with one attached hydrogen (secondary N) is 2. The molecule has 2 rings (SSSR count). The van der Waals surface area contributed by atoms with Crippen molar-refractivity contribution in [3.63, 3.8) is 0 Å². The molecule has 0 spiro atoms. The molecule has 21 heavy (non-hydrogen) atoms. The van der Waals surface area contributed by atoms with E-state index >= 15 is 0 Å². The Hall–Kier alpha value is -2.09. The minimum absolute atomic E-state index is 0.197. The van der Waals surface area contributed by atoms with Crippen molar-refractivity contribution in [3.8, 4) is 0 Å². The van der Waals surface area contributed by atoms with Gasteiger partial charge in [0.1, 0.15) is 10.7 Å². The highest BCUT2D eigenvalue weighted by Gasteiger charge is 2.16. The van der Waals surface area contributed by atoms with Crippen LogP contribution in [0.4, 0.5) is 10.9 Å². The minimum atomic E-state index is -0.197. The van der Waals surface area contributed by atoms with Crippen LogP contribution >= 0.6 is 11.3 Å². The molecule has 0 bridgehead atoms. The smallest absolute Gasteiger partial charge is 0.265 e. The molecule has 0 unspecified atom stereocenters. The molecule has 2 aromatic rings. The van der Waals surface area contributed by atoms with E-state index in [1.165, 1.54) is 11.3 Å². The molecule has 7 nitrogen and oxygen atoms in total. The number of hydrogen-bond donors (Lipinski definition) is 3. The highest BCUT2D eigenvalue weighted by Crippen LogP contribution is 2.25. The quantitative estimate of drug-likeness (QED) is 0.746. The number of nitrogens with zero attached hydrogens (tertiary/aromatic N) is 3. The summed E-state index contributed by atoms with van der Waals surface area (Å²) >= 11 is 1.27. The van der Waals surface area contributed by atoms with E-state index < -0.39 is 0 Å². The Bertz CT molecular complexity index is 618. The lowest BCUT2D eigenvalue weighted by Crippen LogP contribution is -2.25. The molecule has 114 valence electrons. The van der Waals surface area contributed by atoms with Gasteiger partial charge >= 0.3 is 0 Å². The minimum Gasteiger partial charge on any atom is -0.382 e. The van der Waals surface area contributed by atoms with Crippen LogP contribution in [0.1, 0.15) is 29.2 Å². The summed E-state index contributed by atoms with van der Waals surface area (Å²) in [5.41, 5.74) is 6.73. The van der Waals surface area contributed by atoms with Crippen LogP contribution in [0.2, 0.25) is 0 Å². The Morgan fingerprint density at radius 3 is 2.90 bits per heavy atom. The van der Waals surface area contributed by atoms with Crippen molar-refractivity contribution in [1.29, 1.82) is 0 Å². The van der Waals surface area contributed by atoms with Crippen molar-refractivity contribution in [2.24, 2.45) is 7.05 Å². The number of aromatic nitrogens is 3. The van der Waals surface area contributed by atoms with E-state index in [-0.39, 0.29) is 17.8 Å². The number of aryl methyl sites for hydroxylation is 1. The molecule has 2 heterocycles. The Kier molecular flexibility index (Phi) is 4.79. The van der Waals surface area contributed by atoms with E-state index in [9.17, 15) is 4.79 Å². The van der Waals surface area contributed by atoms with E-state index in [0.29, 0.717) is 23.0 Å². The molecule has 0 aliphatic carbocycles. The van der Waals surface area contributed by atoms with Gasteiger partial charge in [0.05, 0.1) is 5.69 Å². The van der Waals surface area contributed by atoms with Crippen LogP contribution in [0.15, 0.2) is 12.3 Å². The molecular weight excluding hydrogens is 288 g/mol. The van der Waals surface area contributed by atoms with Gasteiger partial charge in [-0.15, -0.1) is 0 Å². The Labute approximate surface area is 127 Å². The molecule has 0 aliphatic heterocycles. The van der Waals surface area contributed by atoms with Crippen molar-refractivity contribution in [1.82, 2.24) is 20.1 Å². The summed E-state index contributed by atoms with van der Waals surface area (Å²) in [6.45, 7) is 4.52. The fraction of sp³-hybridized carbons (Fsp3) is 0.462. The topological polar surface area (TPSA) is 97.9 Å². The number of nitrogen functional groups attached to an aromatic ring is 1. The lowest BCUT2D eigenvalue weighted by atomic mass is 10.3. The highest BCUT2D eigenvalue weighted by molar-refractivity contribution is 7.18. The van der Waals surface area contributed by atoms with Crippen LogP contribution in [-0.4, -0.2) is 33.3 Å². The fourth-order valence-corrected chi connectivity index (χ4v) is 2.73. The van der Waals surface area contributed by atoms with Gasteiger partial charge in [-0.25, -0.2) is 4.98 Å². The first-order valence-electron chi connectivity index (χ1n) is 6.75. The van der Waals surface area contributed by atoms with Crippen molar-refractivity contribution < 1.29 is 4.79 Å². The number of carbonyl (C=O) groups excluding carboxylic acids is 1. The Balaban J connectivity index is 1.89. The molecule has 0 aliphatic rings. The van der Waals surface area contributed by atoms with Crippen LogP contribution in [0, 0.1) is 0 Å². The van der Waals surface area contributed by atoms with E-state index in [1.54, 1.807) is 4.68 Å². The third kappa shape index (κ3) is 4.19. The molecule has 0 saturated heterocycles. The molecule has 8 heteroatoms. The Morgan fingerprint density at radius 2 is 2.29 bits per heavy atom. The summed E-state index contributed by atoms with van der Waals surface area (Å²) in [6.07, 6.45) is 2.56. The SMILES string of the molecule is CC(C)Nc1nc(N)c(C(=O)NCCc2ccn(C)n2)s1. The molecule has 1 amide bonds. The maximum absolute atomic E-state index is 12.1. The average Bonchev–Trinajstić information content (AvgIpc) is 2.95. The zero-order valence-corrected chi connectivity index (χ0v) is 13.2. The molecule has 0 radical (unpaired) electrons.